The maximum Gasteiger partial charge on any atom is 0.195 e. The van der Waals surface area contributed by atoms with Crippen molar-refractivity contribution in [2.45, 2.75) is 59.4 Å². The van der Waals surface area contributed by atoms with Gasteiger partial charge in [-0.1, -0.05) is 13.8 Å². The number of pyridine rings is 1. The van der Waals surface area contributed by atoms with Crippen molar-refractivity contribution in [1.82, 2.24) is 9.47 Å². The number of benzene rings is 1. The fourth-order valence-electron chi connectivity index (χ4n) is 3.26. The summed E-state index contributed by atoms with van der Waals surface area (Å²) >= 11 is 0. The van der Waals surface area contributed by atoms with Crippen molar-refractivity contribution < 1.29 is 13.2 Å². The van der Waals surface area contributed by atoms with E-state index in [1.54, 1.807) is 4.57 Å². The molecule has 1 aliphatic carbocycles. The molecule has 0 atom stereocenters. The maximum atomic E-state index is 14.2. The molecule has 1 aliphatic rings. The number of aryl methyl sites for hydroxylation is 1. The Kier molecular flexibility index (Phi) is 7.09. The van der Waals surface area contributed by atoms with Crippen LogP contribution in [0.2, 0.25) is 0 Å². The van der Waals surface area contributed by atoms with E-state index < -0.39 is 28.3 Å². The third-order valence-electron chi connectivity index (χ3n) is 4.84. The minimum Gasteiger partial charge on any atom is -0.341 e. The average Bonchev–Trinajstić information content (AvgIpc) is 3.46. The Morgan fingerprint density at radius 3 is 2.07 bits per heavy atom. The summed E-state index contributed by atoms with van der Waals surface area (Å²) in [5.74, 6) is -3.38. The first-order valence-corrected chi connectivity index (χ1v) is 9.61. The van der Waals surface area contributed by atoms with E-state index in [1.807, 2.05) is 0 Å². The summed E-state index contributed by atoms with van der Waals surface area (Å²) in [6.45, 7) is 9.62. The van der Waals surface area contributed by atoms with Crippen LogP contribution in [0.3, 0.4) is 0 Å². The lowest BCUT2D eigenvalue weighted by atomic mass is 10.1. The standard InChI is InChI=1S/C14H12F3NO.C7H17N/c1-6-5-18(8-3-4-8)13-9(14(6)19)12(17)10(15)7(2)11(13)16;1-4-6-8(3)7-5-2/h5,8H,3-4H2,1-2H3;4-7H2,1-3H3. The van der Waals surface area contributed by atoms with Gasteiger partial charge in [-0.05, 0) is 59.7 Å². The molecule has 0 unspecified atom stereocenters. The van der Waals surface area contributed by atoms with Crippen LogP contribution in [0.5, 0.6) is 0 Å². The third kappa shape index (κ3) is 4.54. The molecular formula is C21H29F3N2O. The smallest absolute Gasteiger partial charge is 0.195 e. The van der Waals surface area contributed by atoms with E-state index in [2.05, 4.69) is 25.8 Å². The molecule has 2 aromatic rings. The number of halogens is 3. The quantitative estimate of drug-likeness (QED) is 0.672. The van der Waals surface area contributed by atoms with E-state index in [4.69, 9.17) is 0 Å². The Labute approximate surface area is 158 Å². The predicted octanol–water partition coefficient (Wildman–Crippen LogP) is 5.11. The molecule has 1 heterocycles. The molecule has 3 nitrogen and oxygen atoms in total. The number of rotatable bonds is 5. The van der Waals surface area contributed by atoms with Gasteiger partial charge < -0.3 is 9.47 Å². The van der Waals surface area contributed by atoms with Crippen molar-refractivity contribution >= 4 is 10.9 Å². The third-order valence-corrected chi connectivity index (χ3v) is 4.84. The van der Waals surface area contributed by atoms with Gasteiger partial charge in [-0.25, -0.2) is 13.2 Å². The second-order valence-corrected chi connectivity index (χ2v) is 7.37. The van der Waals surface area contributed by atoms with Gasteiger partial charge in [0.25, 0.3) is 0 Å². The summed E-state index contributed by atoms with van der Waals surface area (Å²) in [5.41, 5.74) is -0.861. The van der Waals surface area contributed by atoms with Crippen LogP contribution in [0.25, 0.3) is 10.9 Å². The Bertz CT molecular complexity index is 866. The monoisotopic (exact) mass is 382 g/mol. The number of hydrogen-bond acceptors (Lipinski definition) is 2. The highest BCUT2D eigenvalue weighted by Gasteiger charge is 2.29. The van der Waals surface area contributed by atoms with Gasteiger partial charge in [0.1, 0.15) is 0 Å². The Morgan fingerprint density at radius 2 is 1.59 bits per heavy atom. The fraction of sp³-hybridized carbons (Fsp3) is 0.571. The average molecular weight is 382 g/mol. The predicted molar refractivity (Wildman–Crippen MR) is 104 cm³/mol. The summed E-state index contributed by atoms with van der Waals surface area (Å²) in [6, 6.07) is 0.0700. The maximum absolute atomic E-state index is 14.2. The van der Waals surface area contributed by atoms with Crippen LogP contribution < -0.4 is 5.43 Å². The van der Waals surface area contributed by atoms with Crippen molar-refractivity contribution in [2.75, 3.05) is 20.1 Å². The number of hydrogen-bond donors (Lipinski definition) is 0. The van der Waals surface area contributed by atoms with Crippen molar-refractivity contribution in [2.24, 2.45) is 0 Å². The van der Waals surface area contributed by atoms with Crippen LogP contribution in [0.1, 0.15) is 56.7 Å². The normalized spacial score (nSPS) is 13.8. The molecule has 1 aromatic heterocycles. The highest BCUT2D eigenvalue weighted by atomic mass is 19.2. The van der Waals surface area contributed by atoms with Crippen LogP contribution in [-0.4, -0.2) is 29.6 Å². The van der Waals surface area contributed by atoms with Gasteiger partial charge in [0, 0.05) is 23.4 Å². The van der Waals surface area contributed by atoms with Gasteiger partial charge >= 0.3 is 0 Å². The van der Waals surface area contributed by atoms with Crippen molar-refractivity contribution in [3.63, 3.8) is 0 Å². The van der Waals surface area contributed by atoms with Crippen LogP contribution in [0.4, 0.5) is 13.2 Å². The molecule has 1 aromatic carbocycles. The molecular weight excluding hydrogens is 353 g/mol. The molecule has 27 heavy (non-hydrogen) atoms. The molecule has 0 radical (unpaired) electrons. The Balaban J connectivity index is 0.000000279. The van der Waals surface area contributed by atoms with E-state index in [1.165, 1.54) is 46.0 Å². The zero-order valence-electron chi connectivity index (χ0n) is 16.8. The molecule has 0 spiro atoms. The second-order valence-electron chi connectivity index (χ2n) is 7.37. The van der Waals surface area contributed by atoms with E-state index >= 15 is 0 Å². The van der Waals surface area contributed by atoms with Crippen LogP contribution >= 0.6 is 0 Å². The molecule has 0 bridgehead atoms. The lowest BCUT2D eigenvalue weighted by Crippen LogP contribution is -2.19. The van der Waals surface area contributed by atoms with Gasteiger partial charge in [-0.15, -0.1) is 0 Å². The van der Waals surface area contributed by atoms with Crippen molar-refractivity contribution in [1.29, 1.82) is 0 Å². The zero-order chi connectivity index (χ0) is 20.3. The molecule has 0 amide bonds. The highest BCUT2D eigenvalue weighted by molar-refractivity contribution is 5.82. The molecule has 1 saturated carbocycles. The lowest BCUT2D eigenvalue weighted by Gasteiger charge is -2.14. The lowest BCUT2D eigenvalue weighted by molar-refractivity contribution is 0.335. The van der Waals surface area contributed by atoms with E-state index in [0.29, 0.717) is 5.56 Å². The highest BCUT2D eigenvalue weighted by Crippen LogP contribution is 2.38. The number of aromatic nitrogens is 1. The number of nitrogens with zero attached hydrogens (tertiary/aromatic N) is 2. The van der Waals surface area contributed by atoms with Gasteiger partial charge in [0.2, 0.25) is 0 Å². The summed E-state index contributed by atoms with van der Waals surface area (Å²) in [7, 11) is 2.17. The SMILES string of the molecule is CCCN(C)CCC.Cc1c(F)c(F)c2c(=O)c(C)cn(C3CC3)c2c1F. The summed E-state index contributed by atoms with van der Waals surface area (Å²) in [6.07, 6.45) is 5.79. The molecule has 3 rings (SSSR count). The van der Waals surface area contributed by atoms with Crippen molar-refractivity contribution in [3.05, 3.63) is 45.0 Å². The largest absolute Gasteiger partial charge is 0.341 e. The van der Waals surface area contributed by atoms with Crippen LogP contribution in [-0.2, 0) is 0 Å². The molecule has 0 saturated heterocycles. The second kappa shape index (κ2) is 8.91. The molecule has 0 aliphatic heterocycles. The van der Waals surface area contributed by atoms with Gasteiger partial charge in [0.15, 0.2) is 22.9 Å². The fourth-order valence-corrected chi connectivity index (χ4v) is 3.26. The van der Waals surface area contributed by atoms with E-state index in [0.717, 1.165) is 12.8 Å². The Morgan fingerprint density at radius 1 is 1.04 bits per heavy atom. The van der Waals surface area contributed by atoms with Gasteiger partial charge in [-0.3, -0.25) is 4.79 Å². The first-order valence-electron chi connectivity index (χ1n) is 9.61. The molecule has 1 fully saturated rings. The summed E-state index contributed by atoms with van der Waals surface area (Å²) < 4.78 is 43.4. The topological polar surface area (TPSA) is 25.2 Å². The van der Waals surface area contributed by atoms with E-state index in [-0.39, 0.29) is 17.1 Å². The van der Waals surface area contributed by atoms with Crippen LogP contribution in [0.15, 0.2) is 11.0 Å². The van der Waals surface area contributed by atoms with Gasteiger partial charge in [-0.2, -0.15) is 0 Å². The minimum absolute atomic E-state index is 0.0700. The molecule has 6 heteroatoms. The first-order chi connectivity index (χ1) is 12.7. The summed E-state index contributed by atoms with van der Waals surface area (Å²) in [5, 5.41) is -0.479. The molecule has 0 N–H and O–H groups in total. The Hall–Kier alpha value is -1.82. The zero-order valence-corrected chi connectivity index (χ0v) is 16.8. The number of fused-ring (bicyclic) bond motifs is 1. The molecule has 150 valence electrons. The van der Waals surface area contributed by atoms with Crippen LogP contribution in [0, 0.1) is 31.3 Å². The van der Waals surface area contributed by atoms with Gasteiger partial charge in [0.05, 0.1) is 10.9 Å². The van der Waals surface area contributed by atoms with E-state index in [9.17, 15) is 18.0 Å². The van der Waals surface area contributed by atoms with Crippen molar-refractivity contribution in [3.8, 4) is 0 Å². The summed E-state index contributed by atoms with van der Waals surface area (Å²) in [4.78, 5) is 14.3. The minimum atomic E-state index is -1.28. The first kappa shape index (κ1) is 21.5.